The first kappa shape index (κ1) is 73.8. The van der Waals surface area contributed by atoms with Crippen molar-refractivity contribution in [2.24, 2.45) is 0 Å². The Morgan fingerprint density at radius 3 is 0.615 bits per heavy atom. The van der Waals surface area contributed by atoms with Crippen LogP contribution in [0.5, 0.6) is 11.5 Å². The molecule has 0 bridgehead atoms. The van der Waals surface area contributed by atoms with Gasteiger partial charge in [-0.2, -0.15) is 0 Å². The topological polar surface area (TPSA) is 24.9 Å². The molecule has 117 heavy (non-hydrogen) atoms. The number of ether oxygens (including phenoxy) is 2. The Hall–Kier alpha value is -13.4. The third kappa shape index (κ3) is 12.7. The number of hydrogen-bond donors (Lipinski definition) is 0. The first-order valence-electron chi connectivity index (χ1n) is 40.8. The monoisotopic (exact) mass is 1540 g/mol. The molecular weight excluding hydrogens is 1450 g/mol. The second-order valence-electron chi connectivity index (χ2n) is 33.1. The van der Waals surface area contributed by atoms with Gasteiger partial charge in [-0.3, -0.25) is 0 Å². The lowest BCUT2D eigenvalue weighted by atomic mass is 9.81. The molecule has 0 fully saturated rings. The molecule has 0 saturated carbocycles. The summed E-state index contributed by atoms with van der Waals surface area (Å²) in [6.07, 6.45) is 9.20. The van der Waals surface area contributed by atoms with Gasteiger partial charge in [0.25, 0.3) is 0 Å². The molecule has 0 radical (unpaired) electrons. The molecule has 16 aromatic carbocycles. The Morgan fingerprint density at radius 1 is 0.205 bits per heavy atom. The van der Waals surface area contributed by atoms with Crippen LogP contribution in [-0.4, -0.2) is 30.4 Å². The summed E-state index contributed by atoms with van der Waals surface area (Å²) in [7, 11) is -2.03. The van der Waals surface area contributed by atoms with Crippen molar-refractivity contribution < 1.29 is 9.47 Å². The lowest BCUT2D eigenvalue weighted by molar-refractivity contribution is 0.414. The summed E-state index contributed by atoms with van der Waals surface area (Å²) in [5.41, 5.74) is 26.2. The number of rotatable bonds is 20. The largest absolute Gasteiger partial charge is 0.497 e. The number of methoxy groups -OCH3 is 2. The van der Waals surface area contributed by atoms with Crippen molar-refractivity contribution in [2.75, 3.05) is 24.0 Å². The second kappa shape index (κ2) is 29.8. The summed E-state index contributed by atoms with van der Waals surface area (Å²) in [5, 5.41) is 10.8. The van der Waals surface area contributed by atoms with Crippen molar-refractivity contribution >= 4 is 116 Å². The van der Waals surface area contributed by atoms with Crippen molar-refractivity contribution in [1.29, 1.82) is 0 Å². The first-order valence-corrected chi connectivity index (χ1v) is 44.8. The van der Waals surface area contributed by atoms with Crippen LogP contribution in [0.4, 0.5) is 34.1 Å². The molecule has 0 spiro atoms. The van der Waals surface area contributed by atoms with Crippen LogP contribution < -0.4 is 60.8 Å². The number of nitrogens with zero attached hydrogens (tertiary/aromatic N) is 2. The zero-order valence-corrected chi connectivity index (χ0v) is 69.5. The van der Waals surface area contributed by atoms with E-state index >= 15 is 0 Å². The van der Waals surface area contributed by atoms with Crippen molar-refractivity contribution in [2.45, 2.75) is 57.8 Å². The Bertz CT molecular complexity index is 5850. The summed E-state index contributed by atoms with van der Waals surface area (Å²) in [4.78, 5) is 4.80. The van der Waals surface area contributed by atoms with Crippen LogP contribution in [0.1, 0.15) is 97.2 Å². The highest BCUT2D eigenvalue weighted by atomic mass is 28.3. The fraction of sp³-hybridized carbons (Fsp3) is 0.0991. The van der Waals surface area contributed by atoms with E-state index < -0.39 is 16.1 Å². The lowest BCUT2D eigenvalue weighted by Gasteiger charge is -2.35. The maximum Gasteiger partial charge on any atom is 0.179 e. The highest BCUT2D eigenvalue weighted by molar-refractivity contribution is 7.20. The van der Waals surface area contributed by atoms with Crippen LogP contribution in [0.15, 0.2) is 388 Å². The third-order valence-electron chi connectivity index (χ3n) is 25.6. The van der Waals surface area contributed by atoms with Crippen LogP contribution in [-0.2, 0) is 16.2 Å². The SMILES string of the molecule is COc1ccc(N(c2ccc([Si](c3ccccc3)(c3ccccc3)c3ccccc3)cc2)c2ccc3c(c2)C(C)(C)c2cc(C=Cc4ccc5c(c4)C(C)(C)c4cc(C=Cc6ccc7c(c6)C(C)(C)c6cc(N(c8ccc(OC)cc8)c8ccc([Si](c9ccccc9)(c9ccccc9)c9ccccc9)cc8)ccc6-7)ccc4-5)ccc2-3)cc1. The lowest BCUT2D eigenvalue weighted by Crippen LogP contribution is -2.74. The summed E-state index contributed by atoms with van der Waals surface area (Å²) in [5.74, 6) is 1.64. The van der Waals surface area contributed by atoms with Gasteiger partial charge in [0.15, 0.2) is 16.1 Å². The van der Waals surface area contributed by atoms with Gasteiger partial charge in [0.2, 0.25) is 0 Å². The minimum atomic E-state index is -2.75. The van der Waals surface area contributed by atoms with E-state index in [0.29, 0.717) is 0 Å². The Labute approximate surface area is 691 Å². The maximum absolute atomic E-state index is 5.71. The van der Waals surface area contributed by atoms with E-state index in [-0.39, 0.29) is 16.2 Å². The standard InChI is InChI=1S/C111H92N2O2Si2/c1-109(2)103-71-77(39-41-79-45-67-99-101-69-55-85(75-107(101)110(3,4)105(99)73-79)112(81-47-57-87(114-7)58-48-81)83-51-61-95(62-52-83)116(89-27-15-9-16-28-89,90-29-17-10-18-30-90)91-31-19-11-20-32-91)43-65-97(103)98-66-44-78(72-104(98)109)40-42-80-46-68-100-102-70-56-86(76-108(102)111(5,6)106(100)74-80)113(82-49-59-88(115-8)60-50-82)84-53-63-96(64-54-84)117(92-33-21-12-22-34-92,93-35-23-13-24-36-93)94-37-25-14-26-38-94/h9-76H,1-8H3. The van der Waals surface area contributed by atoms with Gasteiger partial charge in [0.05, 0.1) is 14.2 Å². The van der Waals surface area contributed by atoms with Gasteiger partial charge in [-0.25, -0.2) is 0 Å². The molecule has 0 unspecified atom stereocenters. The number of anilines is 6. The van der Waals surface area contributed by atoms with E-state index in [1.54, 1.807) is 14.2 Å². The predicted octanol–water partition coefficient (Wildman–Crippen LogP) is 22.7. The van der Waals surface area contributed by atoms with Gasteiger partial charge >= 0.3 is 0 Å². The van der Waals surface area contributed by atoms with E-state index in [1.165, 1.54) is 131 Å². The molecule has 3 aliphatic carbocycles. The summed E-state index contributed by atoms with van der Waals surface area (Å²) >= 11 is 0. The molecule has 0 aliphatic heterocycles. The van der Waals surface area contributed by atoms with E-state index in [2.05, 4.69) is 464 Å². The minimum absolute atomic E-state index is 0.206. The Morgan fingerprint density at radius 2 is 0.393 bits per heavy atom. The van der Waals surface area contributed by atoms with E-state index in [4.69, 9.17) is 9.47 Å². The quantitative estimate of drug-likeness (QED) is 0.0431. The Balaban J connectivity index is 0.568. The van der Waals surface area contributed by atoms with Crippen LogP contribution >= 0.6 is 0 Å². The average Bonchev–Trinajstić information content (AvgIpc) is 1.59. The van der Waals surface area contributed by atoms with Crippen molar-refractivity contribution in [1.82, 2.24) is 0 Å². The van der Waals surface area contributed by atoms with Gasteiger partial charge in [-0.15, -0.1) is 0 Å². The van der Waals surface area contributed by atoms with E-state index in [1.807, 2.05) is 0 Å². The average molecular weight is 1540 g/mol. The fourth-order valence-electron chi connectivity index (χ4n) is 19.5. The molecule has 0 saturated heterocycles. The zero-order chi connectivity index (χ0) is 79.6. The Kier molecular flexibility index (Phi) is 18.8. The second-order valence-corrected chi connectivity index (χ2v) is 40.7. The molecule has 0 aromatic heterocycles. The van der Waals surface area contributed by atoms with E-state index in [9.17, 15) is 0 Å². The molecular formula is C111H92N2O2Si2. The molecule has 16 aromatic rings. The van der Waals surface area contributed by atoms with Gasteiger partial charge in [0.1, 0.15) is 11.5 Å². The van der Waals surface area contributed by atoms with Gasteiger partial charge < -0.3 is 19.3 Å². The normalized spacial score (nSPS) is 13.8. The number of fused-ring (bicyclic) bond motifs is 9. The first-order chi connectivity index (χ1) is 57.1. The fourth-order valence-corrected chi connectivity index (χ4v) is 29.0. The van der Waals surface area contributed by atoms with Crippen molar-refractivity contribution in [3.63, 3.8) is 0 Å². The highest BCUT2D eigenvalue weighted by Crippen LogP contribution is 2.54. The molecule has 0 N–H and O–H groups in total. The maximum atomic E-state index is 5.71. The van der Waals surface area contributed by atoms with Crippen molar-refractivity contribution in [3.8, 4) is 44.9 Å². The number of hydrogen-bond acceptors (Lipinski definition) is 4. The molecule has 0 amide bonds. The zero-order valence-electron chi connectivity index (χ0n) is 67.5. The van der Waals surface area contributed by atoms with Crippen LogP contribution in [0, 0.1) is 0 Å². The predicted molar refractivity (Wildman–Crippen MR) is 500 cm³/mol. The molecule has 0 atom stereocenters. The van der Waals surface area contributed by atoms with Crippen LogP contribution in [0.25, 0.3) is 57.7 Å². The number of benzene rings is 16. The van der Waals surface area contributed by atoms with Crippen LogP contribution in [0.2, 0.25) is 0 Å². The molecule has 3 aliphatic rings. The molecule has 566 valence electrons. The summed E-state index contributed by atoms with van der Waals surface area (Å²) in [6, 6.07) is 145. The smallest absolute Gasteiger partial charge is 0.179 e. The van der Waals surface area contributed by atoms with Gasteiger partial charge in [-0.05, 0) is 228 Å². The molecule has 19 rings (SSSR count). The molecule has 0 heterocycles. The minimum Gasteiger partial charge on any atom is -0.497 e. The molecule has 4 nitrogen and oxygen atoms in total. The third-order valence-corrected chi connectivity index (χ3v) is 35.2. The molecule has 6 heteroatoms. The van der Waals surface area contributed by atoms with Gasteiger partial charge in [0, 0.05) is 50.4 Å². The highest BCUT2D eigenvalue weighted by Gasteiger charge is 2.45. The van der Waals surface area contributed by atoms with Gasteiger partial charge in [-0.1, -0.05) is 357 Å². The van der Waals surface area contributed by atoms with E-state index in [0.717, 1.165) is 45.6 Å². The summed E-state index contributed by atoms with van der Waals surface area (Å²) in [6.45, 7) is 14.3. The van der Waals surface area contributed by atoms with Crippen molar-refractivity contribution in [3.05, 3.63) is 444 Å². The summed E-state index contributed by atoms with van der Waals surface area (Å²) < 4.78 is 11.4. The van der Waals surface area contributed by atoms with Crippen LogP contribution in [0.3, 0.4) is 0 Å².